The molecule has 0 saturated heterocycles. The van der Waals surface area contributed by atoms with Gasteiger partial charge in [0.1, 0.15) is 11.2 Å². The topological polar surface area (TPSA) is 65.1 Å². The largest absolute Gasteiger partial charge is 0.285 e. The van der Waals surface area contributed by atoms with Gasteiger partial charge in [0.05, 0.1) is 11.9 Å². The molecule has 0 atom stereocenters. The molecule has 3 heterocycles. The summed E-state index contributed by atoms with van der Waals surface area (Å²) in [4.78, 5) is 17.1. The first kappa shape index (κ1) is 12.0. The van der Waals surface area contributed by atoms with Crippen molar-refractivity contribution in [2.45, 2.75) is 19.8 Å². The lowest BCUT2D eigenvalue weighted by Crippen LogP contribution is -2.26. The fourth-order valence-corrected chi connectivity index (χ4v) is 2.54. The maximum atomic E-state index is 12.5. The van der Waals surface area contributed by atoms with Gasteiger partial charge in [-0.15, -0.1) is 0 Å². The van der Waals surface area contributed by atoms with Crippen LogP contribution in [0, 0.1) is 0 Å². The minimum Gasteiger partial charge on any atom is -0.266 e. The molecular formula is C15H13N5O. The monoisotopic (exact) mass is 279 g/mol. The molecule has 1 aliphatic rings. The first-order chi connectivity index (χ1) is 10.2. The molecule has 0 radical (unpaired) electrons. The van der Waals surface area contributed by atoms with Crippen LogP contribution in [0.5, 0.6) is 0 Å². The number of hydrogen-bond donors (Lipinski definition) is 0. The fraction of sp³-hybridized carbons (Fsp3) is 0.200. The molecular weight excluding hydrogens is 266 g/mol. The first-order valence-electron chi connectivity index (χ1n) is 6.83. The number of fused-ring (bicyclic) bond motifs is 2. The van der Waals surface area contributed by atoms with Gasteiger partial charge >= 0.3 is 0 Å². The highest BCUT2D eigenvalue weighted by Gasteiger charge is 2.18. The smallest absolute Gasteiger partial charge is 0.266 e. The van der Waals surface area contributed by atoms with Gasteiger partial charge in [-0.05, 0) is 25.5 Å². The average molecular weight is 279 g/mol. The Labute approximate surface area is 120 Å². The first-order valence-corrected chi connectivity index (χ1v) is 6.83. The molecule has 2 aromatic heterocycles. The average Bonchev–Trinajstić information content (AvgIpc) is 2.93. The molecule has 0 N–H and O–H groups in total. The lowest BCUT2D eigenvalue weighted by atomic mass is 10.2. The van der Waals surface area contributed by atoms with Crippen LogP contribution in [-0.2, 0) is 6.42 Å². The number of aryl methyl sites for hydroxylation is 1. The molecule has 0 bridgehead atoms. The molecule has 21 heavy (non-hydrogen) atoms. The van der Waals surface area contributed by atoms with Crippen molar-refractivity contribution in [3.05, 3.63) is 52.7 Å². The van der Waals surface area contributed by atoms with Crippen LogP contribution in [0.15, 0.2) is 46.4 Å². The Hall–Kier alpha value is -2.76. The second-order valence-corrected chi connectivity index (χ2v) is 5.11. The number of aromatic nitrogens is 4. The van der Waals surface area contributed by atoms with Crippen LogP contribution in [-0.4, -0.2) is 25.2 Å². The van der Waals surface area contributed by atoms with E-state index >= 15 is 0 Å². The summed E-state index contributed by atoms with van der Waals surface area (Å²) in [6.07, 6.45) is 3.11. The van der Waals surface area contributed by atoms with Gasteiger partial charge in [-0.25, -0.2) is 9.67 Å². The van der Waals surface area contributed by atoms with E-state index in [-0.39, 0.29) is 5.56 Å². The van der Waals surface area contributed by atoms with E-state index < -0.39 is 0 Å². The van der Waals surface area contributed by atoms with E-state index in [1.54, 1.807) is 10.9 Å². The zero-order valence-corrected chi connectivity index (χ0v) is 11.5. The quantitative estimate of drug-likeness (QED) is 0.681. The highest BCUT2D eigenvalue weighted by atomic mass is 16.1. The van der Waals surface area contributed by atoms with Crippen molar-refractivity contribution in [3.8, 4) is 5.69 Å². The molecule has 0 aliphatic carbocycles. The zero-order valence-electron chi connectivity index (χ0n) is 11.5. The molecule has 0 amide bonds. The normalized spacial score (nSPS) is 14.0. The van der Waals surface area contributed by atoms with Gasteiger partial charge in [0.25, 0.3) is 5.56 Å². The maximum Gasteiger partial charge on any atom is 0.285 e. The summed E-state index contributed by atoms with van der Waals surface area (Å²) in [5, 5.41) is 9.09. The molecule has 0 saturated carbocycles. The predicted molar refractivity (Wildman–Crippen MR) is 80.0 cm³/mol. The fourth-order valence-electron chi connectivity index (χ4n) is 2.54. The van der Waals surface area contributed by atoms with Crippen LogP contribution >= 0.6 is 0 Å². The third-order valence-corrected chi connectivity index (χ3v) is 3.63. The van der Waals surface area contributed by atoms with Crippen molar-refractivity contribution in [2.24, 2.45) is 5.10 Å². The SMILES string of the molecule is CC1=Nn2c(nc3c(cnn3-c3ccccc3)c2=O)CC1. The van der Waals surface area contributed by atoms with Crippen LogP contribution in [0.25, 0.3) is 16.7 Å². The molecule has 0 unspecified atom stereocenters. The van der Waals surface area contributed by atoms with Crippen molar-refractivity contribution < 1.29 is 0 Å². The third kappa shape index (κ3) is 1.79. The number of benzene rings is 1. The Bertz CT molecular complexity index is 920. The van der Waals surface area contributed by atoms with E-state index in [0.717, 1.165) is 24.2 Å². The summed E-state index contributed by atoms with van der Waals surface area (Å²) in [7, 11) is 0. The van der Waals surface area contributed by atoms with Crippen molar-refractivity contribution >= 4 is 16.7 Å². The van der Waals surface area contributed by atoms with E-state index in [0.29, 0.717) is 16.9 Å². The van der Waals surface area contributed by atoms with E-state index in [1.165, 1.54) is 4.68 Å². The Morgan fingerprint density at radius 3 is 2.76 bits per heavy atom. The van der Waals surface area contributed by atoms with Crippen LogP contribution in [0.4, 0.5) is 0 Å². The molecule has 1 aliphatic heterocycles. The molecule has 6 nitrogen and oxygen atoms in total. The molecule has 0 fully saturated rings. The predicted octanol–water partition coefficient (Wildman–Crippen LogP) is 1.75. The lowest BCUT2D eigenvalue weighted by Gasteiger charge is -2.13. The number of rotatable bonds is 1. The van der Waals surface area contributed by atoms with Gasteiger partial charge in [-0.3, -0.25) is 4.79 Å². The van der Waals surface area contributed by atoms with E-state index in [2.05, 4.69) is 15.2 Å². The van der Waals surface area contributed by atoms with Crippen molar-refractivity contribution in [1.29, 1.82) is 0 Å². The second-order valence-electron chi connectivity index (χ2n) is 5.11. The van der Waals surface area contributed by atoms with Gasteiger partial charge in [-0.2, -0.15) is 14.9 Å². The van der Waals surface area contributed by atoms with Gasteiger partial charge < -0.3 is 0 Å². The molecule has 4 rings (SSSR count). The Kier molecular flexibility index (Phi) is 2.50. The van der Waals surface area contributed by atoms with Crippen molar-refractivity contribution in [2.75, 3.05) is 0 Å². The van der Waals surface area contributed by atoms with Crippen molar-refractivity contribution in [3.63, 3.8) is 0 Å². The summed E-state index contributed by atoms with van der Waals surface area (Å²) in [6.45, 7) is 1.92. The third-order valence-electron chi connectivity index (χ3n) is 3.63. The number of para-hydroxylation sites is 1. The summed E-state index contributed by atoms with van der Waals surface area (Å²) in [5.41, 5.74) is 2.27. The van der Waals surface area contributed by atoms with E-state index in [4.69, 9.17) is 0 Å². The molecule has 0 spiro atoms. The Balaban J connectivity index is 2.03. The highest BCUT2D eigenvalue weighted by Crippen LogP contribution is 2.16. The van der Waals surface area contributed by atoms with Crippen LogP contribution < -0.4 is 5.56 Å². The molecule has 6 heteroatoms. The van der Waals surface area contributed by atoms with E-state index in [9.17, 15) is 4.79 Å². The van der Waals surface area contributed by atoms with Crippen LogP contribution in [0.1, 0.15) is 19.2 Å². The van der Waals surface area contributed by atoms with Gasteiger partial charge in [-0.1, -0.05) is 18.2 Å². The minimum atomic E-state index is -0.156. The number of nitrogens with zero attached hydrogens (tertiary/aromatic N) is 5. The van der Waals surface area contributed by atoms with Gasteiger partial charge in [0.2, 0.25) is 0 Å². The van der Waals surface area contributed by atoms with Crippen LogP contribution in [0.3, 0.4) is 0 Å². The zero-order chi connectivity index (χ0) is 14.4. The Morgan fingerprint density at radius 2 is 1.95 bits per heavy atom. The lowest BCUT2D eigenvalue weighted by molar-refractivity contribution is 0.683. The minimum absolute atomic E-state index is 0.156. The maximum absolute atomic E-state index is 12.5. The summed E-state index contributed by atoms with van der Waals surface area (Å²) in [6, 6.07) is 9.68. The molecule has 104 valence electrons. The van der Waals surface area contributed by atoms with Gasteiger partial charge in [0.15, 0.2) is 5.65 Å². The molecule has 3 aromatic rings. The second kappa shape index (κ2) is 4.37. The highest BCUT2D eigenvalue weighted by molar-refractivity contribution is 5.83. The number of hydrogen-bond acceptors (Lipinski definition) is 4. The standard InChI is InChI=1S/C15H13N5O/c1-10-7-8-13-17-14-12(15(21)20(13)18-10)9-16-19(14)11-5-3-2-4-6-11/h2-6,9H,7-8H2,1H3. The van der Waals surface area contributed by atoms with Crippen LogP contribution in [0.2, 0.25) is 0 Å². The summed E-state index contributed by atoms with van der Waals surface area (Å²) in [5.74, 6) is 0.691. The van der Waals surface area contributed by atoms with Gasteiger partial charge in [0, 0.05) is 12.1 Å². The molecule has 1 aromatic carbocycles. The van der Waals surface area contributed by atoms with E-state index in [1.807, 2.05) is 37.3 Å². The summed E-state index contributed by atoms with van der Waals surface area (Å²) >= 11 is 0. The van der Waals surface area contributed by atoms with Crippen molar-refractivity contribution in [1.82, 2.24) is 19.4 Å². The Morgan fingerprint density at radius 1 is 1.14 bits per heavy atom. The summed E-state index contributed by atoms with van der Waals surface area (Å²) < 4.78 is 3.10.